The zero-order chi connectivity index (χ0) is 11.8. The van der Waals surface area contributed by atoms with Crippen LogP contribution < -0.4 is 5.32 Å². The molecule has 0 aliphatic carbocycles. The van der Waals surface area contributed by atoms with E-state index in [4.69, 9.17) is 4.74 Å². The number of rotatable bonds is 7. The average molecular weight is 228 g/mol. The first kappa shape index (κ1) is 13.9. The highest BCUT2D eigenvalue weighted by atomic mass is 16.5. The van der Waals surface area contributed by atoms with E-state index in [0.29, 0.717) is 6.10 Å². The summed E-state index contributed by atoms with van der Waals surface area (Å²) in [5.41, 5.74) is 0. The van der Waals surface area contributed by atoms with Gasteiger partial charge in [-0.15, -0.1) is 0 Å². The van der Waals surface area contributed by atoms with Gasteiger partial charge in [0.05, 0.1) is 12.7 Å². The van der Waals surface area contributed by atoms with Gasteiger partial charge in [0.15, 0.2) is 0 Å². The molecule has 3 nitrogen and oxygen atoms in total. The van der Waals surface area contributed by atoms with Gasteiger partial charge in [-0.25, -0.2) is 0 Å². The summed E-state index contributed by atoms with van der Waals surface area (Å²) in [5, 5.41) is 3.36. The third-order valence-electron chi connectivity index (χ3n) is 3.20. The molecule has 16 heavy (non-hydrogen) atoms. The molecule has 3 heteroatoms. The van der Waals surface area contributed by atoms with Crippen LogP contribution in [0.25, 0.3) is 0 Å². The highest BCUT2D eigenvalue weighted by molar-refractivity contribution is 4.68. The molecule has 0 bridgehead atoms. The molecule has 1 fully saturated rings. The molecule has 0 spiro atoms. The molecule has 1 rings (SSSR count). The van der Waals surface area contributed by atoms with E-state index in [2.05, 4.69) is 31.1 Å². The fourth-order valence-corrected chi connectivity index (χ4v) is 1.93. The second-order valence-electron chi connectivity index (χ2n) is 5.31. The zero-order valence-corrected chi connectivity index (χ0v) is 11.2. The van der Waals surface area contributed by atoms with E-state index in [0.717, 1.165) is 32.2 Å². The predicted octanol–water partition coefficient (Wildman–Crippen LogP) is 1.73. The Labute approximate surface area is 101 Å². The lowest BCUT2D eigenvalue weighted by Gasteiger charge is -2.24. The van der Waals surface area contributed by atoms with Gasteiger partial charge in [-0.05, 0) is 51.9 Å². The van der Waals surface area contributed by atoms with Crippen molar-refractivity contribution >= 4 is 0 Å². The lowest BCUT2D eigenvalue weighted by molar-refractivity contribution is 0.0228. The molecule has 1 aliphatic rings. The Kier molecular flexibility index (Phi) is 7.01. The minimum absolute atomic E-state index is 0.500. The standard InChI is InChI=1S/C13H28N2O/c1-12(2)6-9-15(3)10-11-16-13-4-7-14-8-5-13/h12-14H,4-11H2,1-3H3. The van der Waals surface area contributed by atoms with Gasteiger partial charge in [-0.1, -0.05) is 13.8 Å². The van der Waals surface area contributed by atoms with Crippen molar-refractivity contribution in [3.63, 3.8) is 0 Å². The van der Waals surface area contributed by atoms with E-state index in [9.17, 15) is 0 Å². The molecule has 0 aromatic heterocycles. The second-order valence-corrected chi connectivity index (χ2v) is 5.31. The Balaban J connectivity index is 1.96. The van der Waals surface area contributed by atoms with Crippen molar-refractivity contribution in [1.29, 1.82) is 0 Å². The maximum Gasteiger partial charge on any atom is 0.0600 e. The molecule has 0 amide bonds. The van der Waals surface area contributed by atoms with Crippen LogP contribution in [0.5, 0.6) is 0 Å². The third kappa shape index (κ3) is 6.46. The highest BCUT2D eigenvalue weighted by Gasteiger charge is 2.12. The van der Waals surface area contributed by atoms with Crippen molar-refractivity contribution < 1.29 is 4.74 Å². The van der Waals surface area contributed by atoms with Crippen LogP contribution in [-0.2, 0) is 4.74 Å². The molecule has 1 N–H and O–H groups in total. The van der Waals surface area contributed by atoms with E-state index in [1.54, 1.807) is 0 Å². The minimum Gasteiger partial charge on any atom is -0.377 e. The molecule has 0 aromatic carbocycles. The number of hydrogen-bond donors (Lipinski definition) is 1. The van der Waals surface area contributed by atoms with E-state index in [1.807, 2.05) is 0 Å². The molecular weight excluding hydrogens is 200 g/mol. The normalized spacial score (nSPS) is 18.6. The first-order valence-corrected chi connectivity index (χ1v) is 6.69. The summed E-state index contributed by atoms with van der Waals surface area (Å²) in [4.78, 5) is 2.38. The number of nitrogens with zero attached hydrogens (tertiary/aromatic N) is 1. The van der Waals surface area contributed by atoms with E-state index < -0.39 is 0 Å². The molecule has 0 saturated carbocycles. The lowest BCUT2D eigenvalue weighted by atomic mass is 10.1. The predicted molar refractivity (Wildman–Crippen MR) is 68.8 cm³/mol. The van der Waals surface area contributed by atoms with E-state index >= 15 is 0 Å². The van der Waals surface area contributed by atoms with Crippen LogP contribution in [0.2, 0.25) is 0 Å². The SMILES string of the molecule is CC(C)CCN(C)CCOC1CCNCC1. The van der Waals surface area contributed by atoms with Gasteiger partial charge in [0, 0.05) is 6.54 Å². The van der Waals surface area contributed by atoms with Crippen LogP contribution in [0.3, 0.4) is 0 Å². The second kappa shape index (κ2) is 8.04. The summed E-state index contributed by atoms with van der Waals surface area (Å²) >= 11 is 0. The van der Waals surface area contributed by atoms with E-state index in [-0.39, 0.29) is 0 Å². The highest BCUT2D eigenvalue weighted by Crippen LogP contribution is 2.07. The summed E-state index contributed by atoms with van der Waals surface area (Å²) in [7, 11) is 2.19. The quantitative estimate of drug-likeness (QED) is 0.718. The molecule has 0 radical (unpaired) electrons. The van der Waals surface area contributed by atoms with Crippen molar-refractivity contribution in [2.45, 2.75) is 39.2 Å². The number of nitrogens with one attached hydrogen (secondary N) is 1. The fraction of sp³-hybridized carbons (Fsp3) is 1.00. The Morgan fingerprint density at radius 2 is 1.94 bits per heavy atom. The van der Waals surface area contributed by atoms with E-state index in [1.165, 1.54) is 25.8 Å². The lowest BCUT2D eigenvalue weighted by Crippen LogP contribution is -2.34. The Bertz CT molecular complexity index is 167. The molecule has 0 atom stereocenters. The molecule has 96 valence electrons. The maximum atomic E-state index is 5.88. The third-order valence-corrected chi connectivity index (χ3v) is 3.20. The monoisotopic (exact) mass is 228 g/mol. The first-order valence-electron chi connectivity index (χ1n) is 6.69. The van der Waals surface area contributed by atoms with Crippen LogP contribution in [0.15, 0.2) is 0 Å². The van der Waals surface area contributed by atoms with Gasteiger partial charge in [0.2, 0.25) is 0 Å². The summed E-state index contributed by atoms with van der Waals surface area (Å²) in [6, 6.07) is 0. The summed E-state index contributed by atoms with van der Waals surface area (Å²) in [6.07, 6.45) is 4.13. The number of likely N-dealkylation sites (N-methyl/N-ethyl adjacent to an activating group) is 1. The number of ether oxygens (including phenoxy) is 1. The topological polar surface area (TPSA) is 24.5 Å². The Morgan fingerprint density at radius 3 is 2.56 bits per heavy atom. The van der Waals surface area contributed by atoms with Crippen molar-refractivity contribution in [3.05, 3.63) is 0 Å². The average Bonchev–Trinajstić information content (AvgIpc) is 2.28. The Hall–Kier alpha value is -0.120. The molecule has 0 aromatic rings. The zero-order valence-electron chi connectivity index (χ0n) is 11.2. The van der Waals surface area contributed by atoms with Crippen molar-refractivity contribution in [1.82, 2.24) is 10.2 Å². The minimum atomic E-state index is 0.500. The van der Waals surface area contributed by atoms with Crippen LogP contribution in [0.1, 0.15) is 33.1 Å². The van der Waals surface area contributed by atoms with Gasteiger partial charge < -0.3 is 15.0 Å². The van der Waals surface area contributed by atoms with Crippen LogP contribution in [-0.4, -0.2) is 50.8 Å². The Morgan fingerprint density at radius 1 is 1.25 bits per heavy atom. The van der Waals surface area contributed by atoms with Gasteiger partial charge >= 0.3 is 0 Å². The maximum absolute atomic E-state index is 5.88. The van der Waals surface area contributed by atoms with Gasteiger partial charge in [0.1, 0.15) is 0 Å². The smallest absolute Gasteiger partial charge is 0.0600 e. The van der Waals surface area contributed by atoms with Crippen molar-refractivity contribution in [2.75, 3.05) is 39.8 Å². The first-order chi connectivity index (χ1) is 7.68. The van der Waals surface area contributed by atoms with Crippen molar-refractivity contribution in [2.24, 2.45) is 5.92 Å². The molecule has 0 unspecified atom stereocenters. The van der Waals surface area contributed by atoms with Crippen LogP contribution >= 0.6 is 0 Å². The molecule has 1 saturated heterocycles. The van der Waals surface area contributed by atoms with Gasteiger partial charge in [0.25, 0.3) is 0 Å². The number of hydrogen-bond acceptors (Lipinski definition) is 3. The number of piperidine rings is 1. The largest absolute Gasteiger partial charge is 0.377 e. The van der Waals surface area contributed by atoms with Gasteiger partial charge in [-0.3, -0.25) is 0 Å². The molecular formula is C13H28N2O. The molecule has 1 aliphatic heterocycles. The van der Waals surface area contributed by atoms with Crippen LogP contribution in [0, 0.1) is 5.92 Å². The van der Waals surface area contributed by atoms with Gasteiger partial charge in [-0.2, -0.15) is 0 Å². The van der Waals surface area contributed by atoms with Crippen molar-refractivity contribution in [3.8, 4) is 0 Å². The summed E-state index contributed by atoms with van der Waals surface area (Å²) in [5.74, 6) is 0.799. The van der Waals surface area contributed by atoms with Crippen LogP contribution in [0.4, 0.5) is 0 Å². The summed E-state index contributed by atoms with van der Waals surface area (Å²) in [6.45, 7) is 9.93. The molecule has 1 heterocycles. The fourth-order valence-electron chi connectivity index (χ4n) is 1.93. The summed E-state index contributed by atoms with van der Waals surface area (Å²) < 4.78 is 5.88.